The molecule has 116 valence electrons. The first kappa shape index (κ1) is 14.7. The fourth-order valence-electron chi connectivity index (χ4n) is 2.91. The lowest BCUT2D eigenvalue weighted by Gasteiger charge is -2.20. The van der Waals surface area contributed by atoms with Gasteiger partial charge in [-0.1, -0.05) is 24.5 Å². The molecule has 0 bridgehead atoms. The summed E-state index contributed by atoms with van der Waals surface area (Å²) in [6.07, 6.45) is 12.1. The molecule has 22 heavy (non-hydrogen) atoms. The molecule has 6 heteroatoms. The van der Waals surface area contributed by atoms with E-state index < -0.39 is 0 Å². The molecule has 2 heterocycles. The average Bonchev–Trinajstić information content (AvgIpc) is 3.04. The van der Waals surface area contributed by atoms with Crippen molar-refractivity contribution in [1.82, 2.24) is 25.3 Å². The van der Waals surface area contributed by atoms with Gasteiger partial charge in [-0.25, -0.2) is 4.68 Å². The summed E-state index contributed by atoms with van der Waals surface area (Å²) in [5.74, 6) is 0.669. The quantitative estimate of drug-likeness (QED) is 0.919. The van der Waals surface area contributed by atoms with Gasteiger partial charge in [0, 0.05) is 12.6 Å². The van der Waals surface area contributed by atoms with Crippen LogP contribution in [-0.4, -0.2) is 25.9 Å². The number of nitrogens with zero attached hydrogens (tertiary/aromatic N) is 4. The Kier molecular flexibility index (Phi) is 4.78. The van der Waals surface area contributed by atoms with Crippen LogP contribution in [0.15, 0.2) is 30.7 Å². The first-order chi connectivity index (χ1) is 10.8. The number of carbonyl (C=O) groups excluding carboxylic acids is 1. The molecule has 1 aliphatic carbocycles. The van der Waals surface area contributed by atoms with Gasteiger partial charge in [-0.2, -0.15) is 0 Å². The molecule has 6 nitrogen and oxygen atoms in total. The van der Waals surface area contributed by atoms with Gasteiger partial charge in [0.05, 0.1) is 24.6 Å². The number of nitrogens with one attached hydrogen (secondary N) is 1. The van der Waals surface area contributed by atoms with Crippen LogP contribution in [-0.2, 0) is 11.3 Å². The smallest absolute Gasteiger partial charge is 0.220 e. The Hall–Kier alpha value is -2.24. The molecule has 1 fully saturated rings. The maximum atomic E-state index is 12.0. The zero-order valence-corrected chi connectivity index (χ0v) is 12.6. The van der Waals surface area contributed by atoms with Gasteiger partial charge in [-0.3, -0.25) is 9.78 Å². The molecule has 0 aromatic carbocycles. The van der Waals surface area contributed by atoms with Crippen LogP contribution in [0.3, 0.4) is 0 Å². The van der Waals surface area contributed by atoms with E-state index >= 15 is 0 Å². The van der Waals surface area contributed by atoms with Crippen molar-refractivity contribution in [3.63, 3.8) is 0 Å². The molecule has 1 amide bonds. The number of aromatic nitrogens is 4. The molecular weight excluding hydrogens is 278 g/mol. The monoisotopic (exact) mass is 299 g/mol. The highest BCUT2D eigenvalue weighted by Crippen LogP contribution is 2.26. The second kappa shape index (κ2) is 7.15. The topological polar surface area (TPSA) is 72.7 Å². The van der Waals surface area contributed by atoms with E-state index in [4.69, 9.17) is 0 Å². The second-order valence-corrected chi connectivity index (χ2v) is 5.85. The maximum absolute atomic E-state index is 12.0. The van der Waals surface area contributed by atoms with Crippen molar-refractivity contribution in [3.8, 4) is 5.69 Å². The third-order valence-corrected chi connectivity index (χ3v) is 4.12. The fraction of sp³-hybridized carbons (Fsp3) is 0.500. The van der Waals surface area contributed by atoms with Crippen LogP contribution in [0.2, 0.25) is 0 Å². The van der Waals surface area contributed by atoms with Crippen LogP contribution >= 0.6 is 0 Å². The lowest BCUT2D eigenvalue weighted by atomic mass is 9.87. The molecule has 0 aliphatic heterocycles. The number of rotatable bonds is 5. The highest BCUT2D eigenvalue weighted by molar-refractivity contribution is 5.76. The Bertz CT molecular complexity index is 604. The molecule has 3 rings (SSSR count). The van der Waals surface area contributed by atoms with Crippen LogP contribution in [0.5, 0.6) is 0 Å². The Labute approximate surface area is 129 Å². The molecule has 0 atom stereocenters. The van der Waals surface area contributed by atoms with E-state index in [2.05, 4.69) is 20.6 Å². The largest absolute Gasteiger partial charge is 0.350 e. The molecule has 0 spiro atoms. The summed E-state index contributed by atoms with van der Waals surface area (Å²) in [5.41, 5.74) is 1.61. The van der Waals surface area contributed by atoms with Gasteiger partial charge in [0.25, 0.3) is 0 Å². The van der Waals surface area contributed by atoms with Gasteiger partial charge in [-0.15, -0.1) is 5.10 Å². The highest BCUT2D eigenvalue weighted by atomic mass is 16.1. The van der Waals surface area contributed by atoms with Crippen molar-refractivity contribution < 1.29 is 4.79 Å². The van der Waals surface area contributed by atoms with E-state index in [0.29, 0.717) is 18.9 Å². The summed E-state index contributed by atoms with van der Waals surface area (Å²) < 4.78 is 1.66. The van der Waals surface area contributed by atoms with Crippen molar-refractivity contribution in [3.05, 3.63) is 36.4 Å². The summed E-state index contributed by atoms with van der Waals surface area (Å²) in [6, 6.07) is 3.76. The Morgan fingerprint density at radius 3 is 2.95 bits per heavy atom. The minimum Gasteiger partial charge on any atom is -0.350 e. The Morgan fingerprint density at radius 2 is 2.18 bits per heavy atom. The zero-order valence-electron chi connectivity index (χ0n) is 12.6. The van der Waals surface area contributed by atoms with Crippen LogP contribution < -0.4 is 5.32 Å². The molecule has 0 saturated heterocycles. The van der Waals surface area contributed by atoms with Gasteiger partial charge in [0.15, 0.2) is 0 Å². The summed E-state index contributed by atoms with van der Waals surface area (Å²) >= 11 is 0. The molecule has 0 radical (unpaired) electrons. The number of hydrogen-bond acceptors (Lipinski definition) is 4. The van der Waals surface area contributed by atoms with E-state index in [-0.39, 0.29) is 5.91 Å². The standard InChI is InChI=1S/C16H21N5O/c22-16(9-13-5-2-1-3-6-13)18-10-14-12-21(20-19-14)15-7-4-8-17-11-15/h4,7-8,11-13H,1-3,5-6,9-10H2,(H,18,22). The Morgan fingerprint density at radius 1 is 1.32 bits per heavy atom. The lowest BCUT2D eigenvalue weighted by molar-refractivity contribution is -0.122. The minimum absolute atomic E-state index is 0.114. The molecule has 1 aliphatic rings. The number of amides is 1. The molecular formula is C16H21N5O. The van der Waals surface area contributed by atoms with Crippen molar-refractivity contribution in [2.45, 2.75) is 45.1 Å². The number of pyridine rings is 1. The SMILES string of the molecule is O=C(CC1CCCCC1)NCc1cn(-c2cccnc2)nn1. The molecule has 2 aromatic heterocycles. The van der Waals surface area contributed by atoms with E-state index in [1.54, 1.807) is 17.1 Å². The van der Waals surface area contributed by atoms with Gasteiger partial charge >= 0.3 is 0 Å². The van der Waals surface area contributed by atoms with E-state index in [9.17, 15) is 4.79 Å². The van der Waals surface area contributed by atoms with Gasteiger partial charge in [0.2, 0.25) is 5.91 Å². The van der Waals surface area contributed by atoms with Crippen molar-refractivity contribution in [2.75, 3.05) is 0 Å². The van der Waals surface area contributed by atoms with E-state index in [0.717, 1.165) is 11.4 Å². The summed E-state index contributed by atoms with van der Waals surface area (Å²) in [6.45, 7) is 0.422. The summed E-state index contributed by atoms with van der Waals surface area (Å²) in [7, 11) is 0. The van der Waals surface area contributed by atoms with Gasteiger partial charge < -0.3 is 5.32 Å². The van der Waals surface area contributed by atoms with Gasteiger partial charge in [-0.05, 0) is 30.9 Å². The Balaban J connectivity index is 1.49. The highest BCUT2D eigenvalue weighted by Gasteiger charge is 2.17. The molecule has 2 aromatic rings. The average molecular weight is 299 g/mol. The predicted molar refractivity (Wildman–Crippen MR) is 82.2 cm³/mol. The third-order valence-electron chi connectivity index (χ3n) is 4.12. The van der Waals surface area contributed by atoms with Gasteiger partial charge in [0.1, 0.15) is 5.69 Å². The fourth-order valence-corrected chi connectivity index (χ4v) is 2.91. The molecule has 0 unspecified atom stereocenters. The second-order valence-electron chi connectivity index (χ2n) is 5.85. The molecule has 1 N–H and O–H groups in total. The normalized spacial score (nSPS) is 15.6. The third kappa shape index (κ3) is 3.90. The predicted octanol–water partition coefficient (Wildman–Crippen LogP) is 2.25. The first-order valence-corrected chi connectivity index (χ1v) is 7.89. The van der Waals surface area contributed by atoms with Crippen LogP contribution in [0.1, 0.15) is 44.2 Å². The zero-order chi connectivity index (χ0) is 15.2. The van der Waals surface area contributed by atoms with Crippen LogP contribution in [0.25, 0.3) is 5.69 Å². The first-order valence-electron chi connectivity index (χ1n) is 7.89. The summed E-state index contributed by atoms with van der Waals surface area (Å²) in [4.78, 5) is 16.0. The van der Waals surface area contributed by atoms with E-state index in [1.807, 2.05) is 18.3 Å². The molecule has 1 saturated carbocycles. The summed E-state index contributed by atoms with van der Waals surface area (Å²) in [5, 5.41) is 11.1. The number of hydrogen-bond donors (Lipinski definition) is 1. The van der Waals surface area contributed by atoms with Crippen molar-refractivity contribution >= 4 is 5.91 Å². The van der Waals surface area contributed by atoms with Crippen molar-refractivity contribution in [2.24, 2.45) is 5.92 Å². The van der Waals surface area contributed by atoms with Crippen LogP contribution in [0, 0.1) is 5.92 Å². The van der Waals surface area contributed by atoms with Crippen LogP contribution in [0.4, 0.5) is 0 Å². The van der Waals surface area contributed by atoms with E-state index in [1.165, 1.54) is 32.1 Å². The number of carbonyl (C=O) groups is 1. The minimum atomic E-state index is 0.114. The lowest BCUT2D eigenvalue weighted by Crippen LogP contribution is -2.26. The van der Waals surface area contributed by atoms with Crippen molar-refractivity contribution in [1.29, 1.82) is 0 Å². The maximum Gasteiger partial charge on any atom is 0.220 e.